The van der Waals surface area contributed by atoms with Crippen molar-refractivity contribution in [2.75, 3.05) is 6.54 Å². The van der Waals surface area contributed by atoms with Crippen LogP contribution < -0.4 is 4.74 Å². The number of carbonyl (C=O) groups excluding carboxylic acids is 1. The number of amides is 1. The number of fused-ring (bicyclic) bond motifs is 1. The monoisotopic (exact) mass is 428 g/mol. The van der Waals surface area contributed by atoms with Gasteiger partial charge in [0.1, 0.15) is 23.4 Å². The average molecular weight is 428 g/mol. The number of rotatable bonds is 5. The van der Waals surface area contributed by atoms with Gasteiger partial charge in [0.15, 0.2) is 5.82 Å². The van der Waals surface area contributed by atoms with Crippen molar-refractivity contribution >= 4 is 16.9 Å². The highest BCUT2D eigenvalue weighted by molar-refractivity contribution is 5.82. The zero-order valence-corrected chi connectivity index (χ0v) is 17.8. The van der Waals surface area contributed by atoms with Crippen LogP contribution in [-0.2, 0) is 11.4 Å². The van der Waals surface area contributed by atoms with E-state index in [2.05, 4.69) is 9.55 Å². The van der Waals surface area contributed by atoms with E-state index >= 15 is 0 Å². The van der Waals surface area contributed by atoms with E-state index in [1.165, 1.54) is 0 Å². The van der Waals surface area contributed by atoms with Crippen molar-refractivity contribution in [1.82, 2.24) is 19.4 Å². The van der Waals surface area contributed by atoms with Crippen LogP contribution in [0.25, 0.3) is 22.6 Å². The first-order valence-corrected chi connectivity index (χ1v) is 10.7. The molecule has 162 valence electrons. The van der Waals surface area contributed by atoms with Gasteiger partial charge in [-0.3, -0.25) is 9.78 Å². The first-order chi connectivity index (χ1) is 15.6. The Labute approximate surface area is 185 Å². The second-order valence-electron chi connectivity index (χ2n) is 7.91. The van der Waals surface area contributed by atoms with Gasteiger partial charge in [-0.25, -0.2) is 4.98 Å². The van der Waals surface area contributed by atoms with Crippen molar-refractivity contribution < 1.29 is 14.6 Å². The molecule has 0 spiro atoms. The van der Waals surface area contributed by atoms with Gasteiger partial charge >= 0.3 is 0 Å². The number of likely N-dealkylation sites (tertiary alicyclic amines) is 1. The van der Waals surface area contributed by atoms with Gasteiger partial charge in [0.05, 0.1) is 17.6 Å². The number of hydrogen-bond donors (Lipinski definition) is 1. The number of aliphatic hydroxyl groups is 1. The van der Waals surface area contributed by atoms with Crippen LogP contribution in [0.15, 0.2) is 66.9 Å². The minimum absolute atomic E-state index is 0.00421. The van der Waals surface area contributed by atoms with Gasteiger partial charge in [-0.1, -0.05) is 18.2 Å². The maximum absolute atomic E-state index is 12.3. The largest absolute Gasteiger partial charge is 0.457 e. The number of carbonyl (C=O) groups is 1. The molecule has 32 heavy (non-hydrogen) atoms. The van der Waals surface area contributed by atoms with Crippen molar-refractivity contribution in [3.63, 3.8) is 0 Å². The Morgan fingerprint density at radius 3 is 2.66 bits per heavy atom. The Bertz CT molecular complexity index is 1250. The van der Waals surface area contributed by atoms with Crippen molar-refractivity contribution in [3.8, 4) is 23.0 Å². The van der Waals surface area contributed by atoms with Crippen LogP contribution >= 0.6 is 0 Å². The molecule has 5 rings (SSSR count). The maximum Gasteiger partial charge on any atom is 0.221 e. The SMILES string of the molecule is CC(=O)N1CCCC1n1c(-c2ccccn2)nc2ccc(Oc3ccc(CO)cc3)cc21. The van der Waals surface area contributed by atoms with Crippen LogP contribution in [-0.4, -0.2) is 37.0 Å². The summed E-state index contributed by atoms with van der Waals surface area (Å²) in [4.78, 5) is 23.6. The van der Waals surface area contributed by atoms with E-state index in [0.29, 0.717) is 11.5 Å². The van der Waals surface area contributed by atoms with Crippen LogP contribution in [0.5, 0.6) is 11.5 Å². The summed E-state index contributed by atoms with van der Waals surface area (Å²) < 4.78 is 8.19. The summed E-state index contributed by atoms with van der Waals surface area (Å²) in [7, 11) is 0. The lowest BCUT2D eigenvalue weighted by Crippen LogP contribution is -2.31. The quantitative estimate of drug-likeness (QED) is 0.505. The van der Waals surface area contributed by atoms with Gasteiger partial charge in [0.2, 0.25) is 5.91 Å². The standard InChI is InChI=1S/C25H24N4O3/c1-17(31)28-14-4-6-24(28)29-23-15-20(32-19-9-7-18(16-30)8-10-19)11-12-21(23)27-25(29)22-5-2-3-13-26-22/h2-3,5,7-13,15,24,30H,4,6,14,16H2,1H3. The molecule has 7 heteroatoms. The number of benzene rings is 2. The Morgan fingerprint density at radius 2 is 1.94 bits per heavy atom. The predicted octanol–water partition coefficient (Wildman–Crippen LogP) is 4.52. The molecule has 0 radical (unpaired) electrons. The second kappa shape index (κ2) is 8.43. The van der Waals surface area contributed by atoms with Gasteiger partial charge in [0, 0.05) is 25.7 Å². The van der Waals surface area contributed by atoms with Gasteiger partial charge in [0.25, 0.3) is 0 Å². The zero-order valence-electron chi connectivity index (χ0n) is 17.8. The predicted molar refractivity (Wildman–Crippen MR) is 121 cm³/mol. The number of ether oxygens (including phenoxy) is 1. The molecule has 3 heterocycles. The summed E-state index contributed by atoms with van der Waals surface area (Å²) in [6.07, 6.45) is 3.44. The second-order valence-corrected chi connectivity index (χ2v) is 7.91. The van der Waals surface area contributed by atoms with Crippen molar-refractivity contribution in [3.05, 3.63) is 72.4 Å². The van der Waals surface area contributed by atoms with Crippen molar-refractivity contribution in [2.24, 2.45) is 0 Å². The third-order valence-corrected chi connectivity index (χ3v) is 5.82. The number of aliphatic hydroxyl groups excluding tert-OH is 1. The molecule has 0 saturated carbocycles. The average Bonchev–Trinajstić information content (AvgIpc) is 3.44. The third-order valence-electron chi connectivity index (χ3n) is 5.82. The Morgan fingerprint density at radius 1 is 1.12 bits per heavy atom. The highest BCUT2D eigenvalue weighted by atomic mass is 16.5. The summed E-state index contributed by atoms with van der Waals surface area (Å²) in [6.45, 7) is 2.34. The lowest BCUT2D eigenvalue weighted by atomic mass is 10.2. The molecular weight excluding hydrogens is 404 g/mol. The van der Waals surface area contributed by atoms with Gasteiger partial charge in [-0.05, 0) is 54.8 Å². The van der Waals surface area contributed by atoms with Crippen molar-refractivity contribution in [1.29, 1.82) is 0 Å². The van der Waals surface area contributed by atoms with E-state index < -0.39 is 0 Å². The molecule has 7 nitrogen and oxygen atoms in total. The highest BCUT2D eigenvalue weighted by Crippen LogP contribution is 2.36. The minimum Gasteiger partial charge on any atom is -0.457 e. The van der Waals surface area contributed by atoms with Gasteiger partial charge in [-0.2, -0.15) is 0 Å². The molecule has 1 atom stereocenters. The van der Waals surface area contributed by atoms with Crippen LogP contribution in [0, 0.1) is 0 Å². The van der Waals surface area contributed by atoms with E-state index in [1.807, 2.05) is 65.6 Å². The zero-order chi connectivity index (χ0) is 22.1. The molecule has 1 N–H and O–H groups in total. The minimum atomic E-state index is -0.117. The lowest BCUT2D eigenvalue weighted by molar-refractivity contribution is -0.131. The van der Waals surface area contributed by atoms with E-state index in [4.69, 9.17) is 9.72 Å². The third kappa shape index (κ3) is 3.71. The van der Waals surface area contributed by atoms with E-state index in [0.717, 1.165) is 47.5 Å². The summed E-state index contributed by atoms with van der Waals surface area (Å²) in [5.74, 6) is 2.15. The number of imidazole rings is 1. The Kier molecular flexibility index (Phi) is 5.33. The summed E-state index contributed by atoms with van der Waals surface area (Å²) in [5.41, 5.74) is 3.31. The number of pyridine rings is 1. The number of aromatic nitrogens is 3. The molecule has 2 aromatic carbocycles. The molecule has 0 bridgehead atoms. The molecule has 1 aliphatic heterocycles. The van der Waals surface area contributed by atoms with Crippen molar-refractivity contribution in [2.45, 2.75) is 32.5 Å². The maximum atomic E-state index is 12.3. The Balaban J connectivity index is 1.61. The topological polar surface area (TPSA) is 80.5 Å². The fraction of sp³-hybridized carbons (Fsp3) is 0.240. The highest BCUT2D eigenvalue weighted by Gasteiger charge is 2.31. The van der Waals surface area contributed by atoms with Gasteiger partial charge in [-0.15, -0.1) is 0 Å². The molecule has 1 unspecified atom stereocenters. The molecule has 2 aromatic heterocycles. The molecular formula is C25H24N4O3. The fourth-order valence-corrected chi connectivity index (χ4v) is 4.30. The van der Waals surface area contributed by atoms with Crippen LogP contribution in [0.3, 0.4) is 0 Å². The normalized spacial score (nSPS) is 15.9. The van der Waals surface area contributed by atoms with E-state index in [-0.39, 0.29) is 18.7 Å². The first-order valence-electron chi connectivity index (χ1n) is 10.7. The number of nitrogens with zero attached hydrogens (tertiary/aromatic N) is 4. The lowest BCUT2D eigenvalue weighted by Gasteiger charge is -2.26. The smallest absolute Gasteiger partial charge is 0.221 e. The van der Waals surface area contributed by atoms with Gasteiger partial charge < -0.3 is 19.3 Å². The Hall–Kier alpha value is -3.71. The molecule has 1 saturated heterocycles. The summed E-state index contributed by atoms with van der Waals surface area (Å²) in [5, 5.41) is 9.24. The molecule has 1 fully saturated rings. The molecule has 0 aliphatic carbocycles. The summed E-state index contributed by atoms with van der Waals surface area (Å²) in [6, 6.07) is 18.9. The van der Waals surface area contributed by atoms with Crippen LogP contribution in [0.1, 0.15) is 31.5 Å². The van der Waals surface area contributed by atoms with Crippen LogP contribution in [0.2, 0.25) is 0 Å². The van der Waals surface area contributed by atoms with Crippen LogP contribution in [0.4, 0.5) is 0 Å². The number of hydrogen-bond acceptors (Lipinski definition) is 5. The fourth-order valence-electron chi connectivity index (χ4n) is 4.30. The molecule has 1 aliphatic rings. The summed E-state index contributed by atoms with van der Waals surface area (Å²) >= 11 is 0. The van der Waals surface area contributed by atoms with E-state index in [1.54, 1.807) is 13.1 Å². The molecule has 1 amide bonds. The van der Waals surface area contributed by atoms with E-state index in [9.17, 15) is 9.90 Å². The molecule has 4 aromatic rings. The first kappa shape index (κ1) is 20.2.